The number of nitrogens with one attached hydrogen (secondary N) is 1. The fraction of sp³-hybridized carbons (Fsp3) is 0.154. The molecule has 6 heteroatoms. The lowest BCUT2D eigenvalue weighted by atomic mass is 10.2. The standard InChI is InChI=1S/C13H11Br2ClN2O/c1-19-13-11(15)4-9(16)5-12(13)18-7-10-3-2-8(14)6-17-10/h2-6,18H,7H2,1H3. The summed E-state index contributed by atoms with van der Waals surface area (Å²) < 4.78 is 7.11. The molecule has 19 heavy (non-hydrogen) atoms. The number of aromatic nitrogens is 1. The molecule has 2 aromatic rings. The molecule has 1 N–H and O–H groups in total. The quantitative estimate of drug-likeness (QED) is 0.786. The number of hydrogen-bond acceptors (Lipinski definition) is 3. The summed E-state index contributed by atoms with van der Waals surface area (Å²) in [5.41, 5.74) is 1.76. The van der Waals surface area contributed by atoms with E-state index in [0.29, 0.717) is 11.6 Å². The molecule has 0 aliphatic heterocycles. The van der Waals surface area contributed by atoms with Crippen LogP contribution in [0, 0.1) is 0 Å². The number of pyridine rings is 1. The summed E-state index contributed by atoms with van der Waals surface area (Å²) in [6.45, 7) is 0.594. The average molecular weight is 407 g/mol. The molecule has 100 valence electrons. The Kier molecular flexibility index (Phi) is 5.07. The van der Waals surface area contributed by atoms with Crippen molar-refractivity contribution in [2.24, 2.45) is 0 Å². The number of methoxy groups -OCH3 is 1. The summed E-state index contributed by atoms with van der Waals surface area (Å²) in [7, 11) is 1.62. The van der Waals surface area contributed by atoms with E-state index in [1.807, 2.05) is 18.2 Å². The highest BCUT2D eigenvalue weighted by Gasteiger charge is 2.09. The molecule has 1 heterocycles. The second-order valence-corrected chi connectivity index (χ2v) is 6.00. The lowest BCUT2D eigenvalue weighted by Crippen LogP contribution is -2.03. The number of ether oxygens (including phenoxy) is 1. The molecule has 1 aromatic heterocycles. The maximum absolute atomic E-state index is 6.03. The van der Waals surface area contributed by atoms with Gasteiger partial charge in [0.05, 0.1) is 29.5 Å². The Morgan fingerprint density at radius 1 is 1.32 bits per heavy atom. The Labute approximate surface area is 133 Å². The van der Waals surface area contributed by atoms with Crippen LogP contribution in [0.4, 0.5) is 5.69 Å². The van der Waals surface area contributed by atoms with Gasteiger partial charge in [-0.2, -0.15) is 0 Å². The second-order valence-electron chi connectivity index (χ2n) is 3.79. The van der Waals surface area contributed by atoms with Crippen LogP contribution in [0.5, 0.6) is 5.75 Å². The van der Waals surface area contributed by atoms with Gasteiger partial charge in [-0.1, -0.05) is 11.6 Å². The molecule has 0 spiro atoms. The first-order valence-electron chi connectivity index (χ1n) is 5.47. The zero-order chi connectivity index (χ0) is 13.8. The zero-order valence-electron chi connectivity index (χ0n) is 10.1. The van der Waals surface area contributed by atoms with E-state index in [4.69, 9.17) is 16.3 Å². The third kappa shape index (κ3) is 3.84. The van der Waals surface area contributed by atoms with Gasteiger partial charge in [-0.15, -0.1) is 0 Å². The summed E-state index contributed by atoms with van der Waals surface area (Å²) in [6, 6.07) is 7.52. The molecule has 0 aliphatic rings. The predicted octanol–water partition coefficient (Wildman–Crippen LogP) is 4.88. The maximum atomic E-state index is 6.03. The van der Waals surface area contributed by atoms with Gasteiger partial charge in [-0.05, 0) is 56.1 Å². The molecule has 0 saturated carbocycles. The van der Waals surface area contributed by atoms with Crippen molar-refractivity contribution >= 4 is 49.1 Å². The Balaban J connectivity index is 2.17. The van der Waals surface area contributed by atoms with Crippen molar-refractivity contribution in [2.45, 2.75) is 6.54 Å². The third-order valence-electron chi connectivity index (χ3n) is 2.46. The summed E-state index contributed by atoms with van der Waals surface area (Å²) in [5.74, 6) is 0.724. The SMILES string of the molecule is COc1c(Br)cc(Cl)cc1NCc1ccc(Br)cn1. The zero-order valence-corrected chi connectivity index (χ0v) is 14.0. The summed E-state index contributed by atoms with van der Waals surface area (Å²) in [6.07, 6.45) is 1.77. The van der Waals surface area contributed by atoms with Gasteiger partial charge in [0.25, 0.3) is 0 Å². The predicted molar refractivity (Wildman–Crippen MR) is 85.0 cm³/mol. The fourth-order valence-corrected chi connectivity index (χ4v) is 2.80. The molecule has 0 bridgehead atoms. The third-order valence-corrected chi connectivity index (χ3v) is 3.74. The van der Waals surface area contributed by atoms with Crippen LogP contribution in [-0.4, -0.2) is 12.1 Å². The molecule has 3 nitrogen and oxygen atoms in total. The largest absolute Gasteiger partial charge is 0.493 e. The van der Waals surface area contributed by atoms with E-state index in [1.54, 1.807) is 19.4 Å². The minimum Gasteiger partial charge on any atom is -0.493 e. The number of hydrogen-bond donors (Lipinski definition) is 1. The van der Waals surface area contributed by atoms with Gasteiger partial charge in [0.2, 0.25) is 0 Å². The van der Waals surface area contributed by atoms with Gasteiger partial charge in [0.1, 0.15) is 0 Å². The minimum absolute atomic E-state index is 0.594. The van der Waals surface area contributed by atoms with E-state index in [-0.39, 0.29) is 0 Å². The summed E-state index contributed by atoms with van der Waals surface area (Å²) in [5, 5.41) is 3.90. The van der Waals surface area contributed by atoms with Gasteiger partial charge < -0.3 is 10.1 Å². The van der Waals surface area contributed by atoms with Crippen LogP contribution < -0.4 is 10.1 Å². The number of rotatable bonds is 4. The Bertz CT molecular complexity index is 576. The van der Waals surface area contributed by atoms with Crippen LogP contribution in [-0.2, 0) is 6.54 Å². The first-order chi connectivity index (χ1) is 9.10. The van der Waals surface area contributed by atoms with Gasteiger partial charge in [0, 0.05) is 15.7 Å². The van der Waals surface area contributed by atoms with Gasteiger partial charge in [-0.25, -0.2) is 0 Å². The van der Waals surface area contributed by atoms with Crippen molar-refractivity contribution < 1.29 is 4.74 Å². The molecule has 0 fully saturated rings. The minimum atomic E-state index is 0.594. The van der Waals surface area contributed by atoms with Crippen molar-refractivity contribution in [3.8, 4) is 5.75 Å². The molecule has 0 saturated heterocycles. The number of nitrogens with zero attached hydrogens (tertiary/aromatic N) is 1. The molecule has 1 aromatic carbocycles. The molecule has 0 amide bonds. The van der Waals surface area contributed by atoms with E-state index >= 15 is 0 Å². The lowest BCUT2D eigenvalue weighted by Gasteiger charge is -2.13. The summed E-state index contributed by atoms with van der Waals surface area (Å²) in [4.78, 5) is 4.30. The van der Waals surface area contributed by atoms with Crippen LogP contribution >= 0.6 is 43.5 Å². The Hall–Kier alpha value is -0.780. The van der Waals surface area contributed by atoms with Crippen LogP contribution in [0.2, 0.25) is 5.02 Å². The number of halogens is 3. The summed E-state index contributed by atoms with van der Waals surface area (Å²) >= 11 is 12.8. The molecular formula is C13H11Br2ClN2O. The Morgan fingerprint density at radius 3 is 2.74 bits per heavy atom. The molecular weight excluding hydrogens is 395 g/mol. The Morgan fingerprint density at radius 2 is 2.11 bits per heavy atom. The topological polar surface area (TPSA) is 34.1 Å². The van der Waals surface area contributed by atoms with Gasteiger partial charge in [0.15, 0.2) is 5.75 Å². The van der Waals surface area contributed by atoms with Crippen molar-refractivity contribution in [1.82, 2.24) is 4.98 Å². The molecule has 0 radical (unpaired) electrons. The number of benzene rings is 1. The maximum Gasteiger partial charge on any atom is 0.156 e. The lowest BCUT2D eigenvalue weighted by molar-refractivity contribution is 0.414. The highest BCUT2D eigenvalue weighted by Crippen LogP contribution is 2.36. The van der Waals surface area contributed by atoms with E-state index in [9.17, 15) is 0 Å². The van der Waals surface area contributed by atoms with Gasteiger partial charge >= 0.3 is 0 Å². The van der Waals surface area contributed by atoms with Crippen LogP contribution in [0.25, 0.3) is 0 Å². The van der Waals surface area contributed by atoms with E-state index in [1.165, 1.54) is 0 Å². The molecule has 0 unspecified atom stereocenters. The molecule has 2 rings (SSSR count). The first kappa shape index (κ1) is 14.6. The van der Waals surface area contributed by atoms with E-state index < -0.39 is 0 Å². The van der Waals surface area contributed by atoms with Gasteiger partial charge in [-0.3, -0.25) is 4.98 Å². The monoisotopic (exact) mass is 404 g/mol. The van der Waals surface area contributed by atoms with E-state index in [2.05, 4.69) is 42.2 Å². The van der Waals surface area contributed by atoms with Crippen LogP contribution in [0.1, 0.15) is 5.69 Å². The fourth-order valence-electron chi connectivity index (χ4n) is 1.60. The number of anilines is 1. The van der Waals surface area contributed by atoms with Crippen molar-refractivity contribution in [2.75, 3.05) is 12.4 Å². The van der Waals surface area contributed by atoms with Crippen molar-refractivity contribution in [3.63, 3.8) is 0 Å². The van der Waals surface area contributed by atoms with Crippen LogP contribution in [0.3, 0.4) is 0 Å². The second kappa shape index (κ2) is 6.59. The smallest absolute Gasteiger partial charge is 0.156 e. The van der Waals surface area contributed by atoms with Crippen molar-refractivity contribution in [3.05, 3.63) is 50.1 Å². The van der Waals surface area contributed by atoms with Crippen molar-refractivity contribution in [1.29, 1.82) is 0 Å². The first-order valence-corrected chi connectivity index (χ1v) is 7.44. The highest BCUT2D eigenvalue weighted by molar-refractivity contribution is 9.10. The van der Waals surface area contributed by atoms with Crippen LogP contribution in [0.15, 0.2) is 39.4 Å². The normalized spacial score (nSPS) is 10.3. The molecule has 0 aliphatic carbocycles. The highest BCUT2D eigenvalue weighted by atomic mass is 79.9. The molecule has 0 atom stereocenters. The average Bonchev–Trinajstić information content (AvgIpc) is 2.37. The van der Waals surface area contributed by atoms with E-state index in [0.717, 1.165) is 26.1 Å².